The topological polar surface area (TPSA) is 71.9 Å². The summed E-state index contributed by atoms with van der Waals surface area (Å²) in [6.07, 6.45) is -0.183. The zero-order valence-corrected chi connectivity index (χ0v) is 14.7. The van der Waals surface area contributed by atoms with Crippen LogP contribution in [-0.4, -0.2) is 56.6 Å². The van der Waals surface area contributed by atoms with Gasteiger partial charge in [0, 0.05) is 44.0 Å². The van der Waals surface area contributed by atoms with Gasteiger partial charge >= 0.3 is 5.97 Å². The van der Waals surface area contributed by atoms with Crippen molar-refractivity contribution >= 4 is 22.6 Å². The van der Waals surface area contributed by atoms with Gasteiger partial charge in [0.05, 0.1) is 30.8 Å². The van der Waals surface area contributed by atoms with Gasteiger partial charge < -0.3 is 19.5 Å². The predicted octanol–water partition coefficient (Wildman–Crippen LogP) is 2.41. The lowest BCUT2D eigenvalue weighted by Gasteiger charge is -2.28. The second-order valence-corrected chi connectivity index (χ2v) is 5.73. The number of methoxy groups -OCH3 is 2. The second kappa shape index (κ2) is 8.73. The normalized spacial score (nSPS) is 11.0. The van der Waals surface area contributed by atoms with Gasteiger partial charge in [0.2, 0.25) is 0 Å². The van der Waals surface area contributed by atoms with E-state index < -0.39 is 5.97 Å². The Morgan fingerprint density at radius 3 is 2.44 bits per heavy atom. The monoisotopic (exact) mass is 350 g/mol. The molecular formula is C18H23FN2O4. The molecule has 6 nitrogen and oxygen atoms in total. The smallest absolute Gasteiger partial charge is 0.307 e. The van der Waals surface area contributed by atoms with Crippen molar-refractivity contribution in [1.82, 2.24) is 4.98 Å². The Balaban J connectivity index is 2.68. The number of hydrogen-bond donors (Lipinski definition) is 1. The van der Waals surface area contributed by atoms with Crippen molar-refractivity contribution < 1.29 is 23.8 Å². The van der Waals surface area contributed by atoms with Gasteiger partial charge in [-0.2, -0.15) is 0 Å². The summed E-state index contributed by atoms with van der Waals surface area (Å²) in [6, 6.07) is 4.36. The fourth-order valence-corrected chi connectivity index (χ4v) is 2.84. The van der Waals surface area contributed by atoms with Gasteiger partial charge in [0.15, 0.2) is 0 Å². The van der Waals surface area contributed by atoms with Gasteiger partial charge in [-0.05, 0) is 25.1 Å². The molecule has 2 aromatic rings. The lowest BCUT2D eigenvalue weighted by atomic mass is 10.0. The lowest BCUT2D eigenvalue weighted by Crippen LogP contribution is -2.32. The molecule has 2 rings (SSSR count). The number of rotatable bonds is 9. The number of carboxylic acids is 1. The Morgan fingerprint density at radius 1 is 1.24 bits per heavy atom. The third-order valence-corrected chi connectivity index (χ3v) is 4.00. The fraction of sp³-hybridized carbons (Fsp3) is 0.444. The van der Waals surface area contributed by atoms with Gasteiger partial charge in [0.25, 0.3) is 0 Å². The third-order valence-electron chi connectivity index (χ3n) is 4.00. The molecule has 0 fully saturated rings. The first-order chi connectivity index (χ1) is 12.0. The van der Waals surface area contributed by atoms with E-state index in [-0.39, 0.29) is 12.2 Å². The Labute approximate surface area is 146 Å². The van der Waals surface area contributed by atoms with E-state index in [0.29, 0.717) is 54.2 Å². The number of anilines is 1. The van der Waals surface area contributed by atoms with Crippen molar-refractivity contribution in [2.45, 2.75) is 13.3 Å². The molecule has 1 heterocycles. The van der Waals surface area contributed by atoms with Crippen LogP contribution in [0.2, 0.25) is 0 Å². The van der Waals surface area contributed by atoms with E-state index in [1.54, 1.807) is 27.2 Å². The fourth-order valence-electron chi connectivity index (χ4n) is 2.84. The summed E-state index contributed by atoms with van der Waals surface area (Å²) in [5, 5.41) is 9.90. The molecular weight excluding hydrogens is 327 g/mol. The van der Waals surface area contributed by atoms with Gasteiger partial charge in [-0.15, -0.1) is 0 Å². The minimum Gasteiger partial charge on any atom is -0.481 e. The summed E-state index contributed by atoms with van der Waals surface area (Å²) in [4.78, 5) is 17.8. The molecule has 0 aliphatic heterocycles. The summed E-state index contributed by atoms with van der Waals surface area (Å²) >= 11 is 0. The highest BCUT2D eigenvalue weighted by atomic mass is 19.1. The highest BCUT2D eigenvalue weighted by molar-refractivity contribution is 5.95. The molecule has 0 radical (unpaired) electrons. The van der Waals surface area contributed by atoms with Crippen LogP contribution >= 0.6 is 0 Å². The number of aromatic nitrogens is 1. The summed E-state index contributed by atoms with van der Waals surface area (Å²) in [7, 11) is 3.20. The highest BCUT2D eigenvalue weighted by Gasteiger charge is 2.20. The number of carboxylic acid groups (broad SMARTS) is 1. The number of fused-ring (bicyclic) bond motifs is 1. The number of hydrogen-bond acceptors (Lipinski definition) is 5. The molecule has 0 aliphatic carbocycles. The number of pyridine rings is 1. The molecule has 25 heavy (non-hydrogen) atoms. The number of aliphatic carboxylic acids is 1. The van der Waals surface area contributed by atoms with E-state index in [1.165, 1.54) is 12.1 Å². The van der Waals surface area contributed by atoms with Crippen LogP contribution in [0.25, 0.3) is 10.9 Å². The van der Waals surface area contributed by atoms with E-state index in [1.807, 2.05) is 4.90 Å². The number of aryl methyl sites for hydroxylation is 1. The molecule has 0 saturated carbocycles. The number of nitrogens with zero attached hydrogens (tertiary/aromatic N) is 2. The maximum atomic E-state index is 13.9. The number of halogens is 1. The Kier molecular flexibility index (Phi) is 6.66. The molecule has 136 valence electrons. The van der Waals surface area contributed by atoms with Crippen LogP contribution in [0.15, 0.2) is 18.2 Å². The molecule has 0 atom stereocenters. The molecule has 0 saturated heterocycles. The first kappa shape index (κ1) is 19.1. The number of carbonyl (C=O) groups is 1. The van der Waals surface area contributed by atoms with Crippen LogP contribution in [0, 0.1) is 12.7 Å². The largest absolute Gasteiger partial charge is 0.481 e. The molecule has 1 aromatic heterocycles. The minimum absolute atomic E-state index is 0.183. The van der Waals surface area contributed by atoms with E-state index >= 15 is 0 Å². The molecule has 1 N–H and O–H groups in total. The average Bonchev–Trinajstić information content (AvgIpc) is 2.56. The molecule has 0 aliphatic rings. The van der Waals surface area contributed by atoms with Crippen LogP contribution in [0.4, 0.5) is 10.1 Å². The van der Waals surface area contributed by atoms with E-state index in [2.05, 4.69) is 4.98 Å². The molecule has 0 unspecified atom stereocenters. The van der Waals surface area contributed by atoms with Crippen LogP contribution in [0.3, 0.4) is 0 Å². The van der Waals surface area contributed by atoms with Crippen LogP contribution < -0.4 is 4.90 Å². The van der Waals surface area contributed by atoms with Crippen molar-refractivity contribution in [2.24, 2.45) is 0 Å². The average molecular weight is 350 g/mol. The second-order valence-electron chi connectivity index (χ2n) is 5.73. The van der Waals surface area contributed by atoms with Gasteiger partial charge in [0.1, 0.15) is 5.82 Å². The SMILES string of the molecule is COCCN(CCOC)c1c(CC(=O)O)c(C)nc2ccc(F)cc12. The first-order valence-corrected chi connectivity index (χ1v) is 8.01. The Bertz CT molecular complexity index is 743. The number of benzene rings is 1. The third kappa shape index (κ3) is 4.64. The molecule has 0 amide bonds. The zero-order chi connectivity index (χ0) is 18.4. The summed E-state index contributed by atoms with van der Waals surface area (Å²) < 4.78 is 24.2. The Morgan fingerprint density at radius 2 is 1.88 bits per heavy atom. The van der Waals surface area contributed by atoms with Gasteiger partial charge in [-0.1, -0.05) is 0 Å². The summed E-state index contributed by atoms with van der Waals surface area (Å²) in [6.45, 7) is 3.74. The molecule has 7 heteroatoms. The van der Waals surface area contributed by atoms with Crippen LogP contribution in [0.1, 0.15) is 11.3 Å². The van der Waals surface area contributed by atoms with Crippen LogP contribution in [-0.2, 0) is 20.7 Å². The summed E-state index contributed by atoms with van der Waals surface area (Å²) in [5.74, 6) is -1.35. The van der Waals surface area contributed by atoms with E-state index in [9.17, 15) is 14.3 Å². The maximum absolute atomic E-state index is 13.9. The van der Waals surface area contributed by atoms with Gasteiger partial charge in [-0.25, -0.2) is 4.39 Å². The highest BCUT2D eigenvalue weighted by Crippen LogP contribution is 2.33. The van der Waals surface area contributed by atoms with Crippen molar-refractivity contribution in [2.75, 3.05) is 45.4 Å². The first-order valence-electron chi connectivity index (χ1n) is 8.01. The summed E-state index contributed by atoms with van der Waals surface area (Å²) in [5.41, 5.74) is 2.51. The van der Waals surface area contributed by atoms with Crippen molar-refractivity contribution in [3.05, 3.63) is 35.3 Å². The van der Waals surface area contributed by atoms with Crippen LogP contribution in [0.5, 0.6) is 0 Å². The van der Waals surface area contributed by atoms with E-state index in [0.717, 1.165) is 0 Å². The zero-order valence-electron chi connectivity index (χ0n) is 14.7. The van der Waals surface area contributed by atoms with Gasteiger partial charge in [-0.3, -0.25) is 9.78 Å². The Hall–Kier alpha value is -2.25. The van der Waals surface area contributed by atoms with E-state index in [4.69, 9.17) is 9.47 Å². The molecule has 1 aromatic carbocycles. The maximum Gasteiger partial charge on any atom is 0.307 e. The predicted molar refractivity (Wildman–Crippen MR) is 93.7 cm³/mol. The minimum atomic E-state index is -0.958. The van der Waals surface area contributed by atoms with Crippen molar-refractivity contribution in [3.8, 4) is 0 Å². The lowest BCUT2D eigenvalue weighted by molar-refractivity contribution is -0.136. The molecule has 0 spiro atoms. The standard InChI is InChI=1S/C18H23FN2O4/c1-12-14(11-17(22)23)18(21(6-8-24-2)7-9-25-3)15-10-13(19)4-5-16(15)20-12/h4-5,10H,6-9,11H2,1-3H3,(H,22,23). The molecule has 0 bridgehead atoms. The quantitative estimate of drug-likeness (QED) is 0.749. The van der Waals surface area contributed by atoms with Crippen molar-refractivity contribution in [3.63, 3.8) is 0 Å². The van der Waals surface area contributed by atoms with Crippen molar-refractivity contribution in [1.29, 1.82) is 0 Å². The number of ether oxygens (including phenoxy) is 2.